The van der Waals surface area contributed by atoms with E-state index in [-0.39, 0.29) is 6.61 Å². The predicted octanol–water partition coefficient (Wildman–Crippen LogP) is 1.18. The number of rotatable bonds is 5. The highest BCUT2D eigenvalue weighted by Gasteiger charge is 2.22. The van der Waals surface area contributed by atoms with Gasteiger partial charge in [-0.05, 0) is 19.4 Å². The van der Waals surface area contributed by atoms with Crippen LogP contribution < -0.4 is 5.32 Å². The molecule has 1 atom stereocenters. The number of piperidine rings is 1. The molecule has 7 nitrogen and oxygen atoms in total. The van der Waals surface area contributed by atoms with Crippen molar-refractivity contribution in [2.45, 2.75) is 18.8 Å². The van der Waals surface area contributed by atoms with Crippen LogP contribution in [-0.2, 0) is 0 Å². The van der Waals surface area contributed by atoms with Gasteiger partial charge in [0.05, 0.1) is 24.7 Å². The molecule has 1 fully saturated rings. The van der Waals surface area contributed by atoms with E-state index in [0.29, 0.717) is 17.6 Å². The van der Waals surface area contributed by atoms with Crippen LogP contribution in [0.5, 0.6) is 0 Å². The Morgan fingerprint density at radius 3 is 2.91 bits per heavy atom. The van der Waals surface area contributed by atoms with Gasteiger partial charge < -0.3 is 15.3 Å². The summed E-state index contributed by atoms with van der Waals surface area (Å²) >= 11 is 0. The summed E-state index contributed by atoms with van der Waals surface area (Å²) in [6, 6.07) is 0. The van der Waals surface area contributed by atoms with E-state index in [1.807, 2.05) is 6.20 Å². The minimum absolute atomic E-state index is 0.201. The van der Waals surface area contributed by atoms with Gasteiger partial charge >= 0.3 is 0 Å². The summed E-state index contributed by atoms with van der Waals surface area (Å²) in [5, 5.41) is 12.2. The summed E-state index contributed by atoms with van der Waals surface area (Å²) in [5.41, 5.74) is 0.983. The Balaban J connectivity index is 1.70. The lowest BCUT2D eigenvalue weighted by Crippen LogP contribution is -2.36. The maximum atomic E-state index is 9.09. The summed E-state index contributed by atoms with van der Waals surface area (Å²) in [7, 11) is 0. The minimum Gasteiger partial charge on any atom is -0.395 e. The molecule has 3 heterocycles. The van der Waals surface area contributed by atoms with Gasteiger partial charge in [0.25, 0.3) is 0 Å². The minimum atomic E-state index is 0.201. The number of hydrogen-bond acceptors (Lipinski definition) is 7. The van der Waals surface area contributed by atoms with Crippen molar-refractivity contribution in [3.05, 3.63) is 36.7 Å². The first-order valence-electron chi connectivity index (χ1n) is 7.53. The molecular weight excluding hydrogens is 280 g/mol. The molecule has 0 bridgehead atoms. The first-order valence-corrected chi connectivity index (χ1v) is 7.53. The second-order valence-corrected chi connectivity index (χ2v) is 5.41. The van der Waals surface area contributed by atoms with E-state index in [9.17, 15) is 0 Å². The van der Waals surface area contributed by atoms with Crippen molar-refractivity contribution >= 4 is 11.6 Å². The number of anilines is 2. The SMILES string of the molecule is OCCN1CCC[C@H](c2cncc(Nc3cnccn3)n2)C1. The molecule has 7 heteroatoms. The van der Waals surface area contributed by atoms with Crippen molar-refractivity contribution in [2.24, 2.45) is 0 Å². The van der Waals surface area contributed by atoms with E-state index in [0.717, 1.165) is 38.2 Å². The molecule has 2 aromatic heterocycles. The van der Waals surface area contributed by atoms with Gasteiger partial charge in [-0.25, -0.2) is 9.97 Å². The van der Waals surface area contributed by atoms with Gasteiger partial charge in [0.2, 0.25) is 0 Å². The lowest BCUT2D eigenvalue weighted by Gasteiger charge is -2.31. The number of aliphatic hydroxyl groups is 1. The van der Waals surface area contributed by atoms with E-state index in [1.54, 1.807) is 24.8 Å². The van der Waals surface area contributed by atoms with Crippen LogP contribution >= 0.6 is 0 Å². The van der Waals surface area contributed by atoms with Crippen LogP contribution in [0.3, 0.4) is 0 Å². The number of aromatic nitrogens is 4. The third-order valence-corrected chi connectivity index (χ3v) is 3.81. The van der Waals surface area contributed by atoms with E-state index in [2.05, 4.69) is 30.2 Å². The zero-order valence-corrected chi connectivity index (χ0v) is 12.4. The van der Waals surface area contributed by atoms with E-state index in [4.69, 9.17) is 5.11 Å². The van der Waals surface area contributed by atoms with Gasteiger partial charge in [0.15, 0.2) is 0 Å². The summed E-state index contributed by atoms with van der Waals surface area (Å²) in [6.45, 7) is 2.89. The summed E-state index contributed by atoms with van der Waals surface area (Å²) in [4.78, 5) is 19.4. The molecule has 2 N–H and O–H groups in total. The van der Waals surface area contributed by atoms with Crippen molar-refractivity contribution in [2.75, 3.05) is 31.6 Å². The Kier molecular flexibility index (Phi) is 4.87. The summed E-state index contributed by atoms with van der Waals surface area (Å²) < 4.78 is 0. The summed E-state index contributed by atoms with van der Waals surface area (Å²) in [6.07, 6.45) is 10.7. The van der Waals surface area contributed by atoms with E-state index >= 15 is 0 Å². The van der Waals surface area contributed by atoms with Gasteiger partial charge in [-0.2, -0.15) is 0 Å². The molecule has 0 aliphatic carbocycles. The lowest BCUT2D eigenvalue weighted by atomic mass is 9.95. The van der Waals surface area contributed by atoms with Crippen LogP contribution in [0.15, 0.2) is 31.0 Å². The highest BCUT2D eigenvalue weighted by molar-refractivity contribution is 5.48. The molecule has 1 saturated heterocycles. The van der Waals surface area contributed by atoms with Crippen LogP contribution in [0.25, 0.3) is 0 Å². The van der Waals surface area contributed by atoms with E-state index < -0.39 is 0 Å². The molecule has 0 spiro atoms. The number of nitrogens with zero attached hydrogens (tertiary/aromatic N) is 5. The third-order valence-electron chi connectivity index (χ3n) is 3.81. The van der Waals surface area contributed by atoms with Crippen molar-refractivity contribution in [3.8, 4) is 0 Å². The highest BCUT2D eigenvalue weighted by atomic mass is 16.3. The summed E-state index contributed by atoms with van der Waals surface area (Å²) in [5.74, 6) is 1.69. The number of hydrogen-bond donors (Lipinski definition) is 2. The topological polar surface area (TPSA) is 87.1 Å². The van der Waals surface area contributed by atoms with Crippen LogP contribution in [0, 0.1) is 0 Å². The number of aliphatic hydroxyl groups excluding tert-OH is 1. The molecular formula is C15H20N6O. The molecule has 1 aliphatic heterocycles. The number of nitrogens with one attached hydrogen (secondary N) is 1. The fourth-order valence-electron chi connectivity index (χ4n) is 2.77. The monoisotopic (exact) mass is 300 g/mol. The predicted molar refractivity (Wildman–Crippen MR) is 82.8 cm³/mol. The second kappa shape index (κ2) is 7.24. The standard InChI is InChI=1S/C15H20N6O/c22-7-6-21-5-1-2-12(11-21)13-8-17-10-15(19-13)20-14-9-16-3-4-18-14/h3-4,8-10,12,22H,1-2,5-7,11H2,(H,18,19,20)/t12-/m0/s1. The zero-order chi connectivity index (χ0) is 15.2. The highest BCUT2D eigenvalue weighted by Crippen LogP contribution is 2.25. The molecule has 0 radical (unpaired) electrons. The fraction of sp³-hybridized carbons (Fsp3) is 0.467. The maximum Gasteiger partial charge on any atom is 0.150 e. The quantitative estimate of drug-likeness (QED) is 0.857. The normalized spacial score (nSPS) is 19.0. The Hall–Kier alpha value is -2.12. The Bertz CT molecular complexity index is 592. The van der Waals surface area contributed by atoms with Crippen LogP contribution in [-0.4, -0.2) is 56.2 Å². The van der Waals surface area contributed by atoms with Crippen LogP contribution in [0.2, 0.25) is 0 Å². The van der Waals surface area contributed by atoms with Gasteiger partial charge in [-0.15, -0.1) is 0 Å². The maximum absolute atomic E-state index is 9.09. The molecule has 3 rings (SSSR count). The fourth-order valence-corrected chi connectivity index (χ4v) is 2.77. The third kappa shape index (κ3) is 3.75. The zero-order valence-electron chi connectivity index (χ0n) is 12.4. The molecule has 1 aliphatic rings. The van der Waals surface area contributed by atoms with Gasteiger partial charge in [-0.1, -0.05) is 0 Å². The molecule has 22 heavy (non-hydrogen) atoms. The molecule has 116 valence electrons. The van der Waals surface area contributed by atoms with Gasteiger partial charge in [0, 0.05) is 37.6 Å². The van der Waals surface area contributed by atoms with Gasteiger partial charge in [-0.3, -0.25) is 9.97 Å². The largest absolute Gasteiger partial charge is 0.395 e. The smallest absolute Gasteiger partial charge is 0.150 e. The van der Waals surface area contributed by atoms with Crippen molar-refractivity contribution in [3.63, 3.8) is 0 Å². The first kappa shape index (κ1) is 14.8. The number of likely N-dealkylation sites (tertiary alicyclic amines) is 1. The van der Waals surface area contributed by atoms with Crippen LogP contribution in [0.4, 0.5) is 11.6 Å². The average Bonchev–Trinajstić information content (AvgIpc) is 2.57. The lowest BCUT2D eigenvalue weighted by molar-refractivity contribution is 0.160. The molecule has 0 saturated carbocycles. The molecule has 0 aromatic carbocycles. The van der Waals surface area contributed by atoms with Crippen molar-refractivity contribution < 1.29 is 5.11 Å². The van der Waals surface area contributed by atoms with E-state index in [1.165, 1.54) is 0 Å². The number of β-amino-alcohol motifs (C(OH)–C–C–N with tert-alkyl or cyclic N) is 1. The molecule has 0 unspecified atom stereocenters. The first-order chi connectivity index (χ1) is 10.8. The van der Waals surface area contributed by atoms with Crippen molar-refractivity contribution in [1.29, 1.82) is 0 Å². The Morgan fingerprint density at radius 1 is 1.18 bits per heavy atom. The van der Waals surface area contributed by atoms with Crippen molar-refractivity contribution in [1.82, 2.24) is 24.8 Å². The van der Waals surface area contributed by atoms with Gasteiger partial charge in [0.1, 0.15) is 11.6 Å². The van der Waals surface area contributed by atoms with Crippen LogP contribution in [0.1, 0.15) is 24.5 Å². The molecule has 2 aromatic rings. The molecule has 0 amide bonds. The Labute approximate surface area is 129 Å². The Morgan fingerprint density at radius 2 is 2.09 bits per heavy atom. The average molecular weight is 300 g/mol. The second-order valence-electron chi connectivity index (χ2n) is 5.41.